The third kappa shape index (κ3) is 39.9. The van der Waals surface area contributed by atoms with Crippen molar-refractivity contribution in [3.63, 3.8) is 0 Å². The molecule has 0 radical (unpaired) electrons. The summed E-state index contributed by atoms with van der Waals surface area (Å²) in [5, 5.41) is 8.63. The molecular formula is C84H78Cl3N8O3Pt4-. The Morgan fingerprint density at radius 1 is 0.294 bits per heavy atom. The van der Waals surface area contributed by atoms with Crippen molar-refractivity contribution in [1.82, 2.24) is 0 Å². The monoisotopic (exact) mass is 2130 g/mol. The Labute approximate surface area is 663 Å². The first-order valence-corrected chi connectivity index (χ1v) is 40.2. The zero-order valence-corrected chi connectivity index (χ0v) is 67.9. The zero-order valence-electron chi connectivity index (χ0n) is 56.6. The van der Waals surface area contributed by atoms with Gasteiger partial charge in [0.1, 0.15) is 17.2 Å². The van der Waals surface area contributed by atoms with Crippen LogP contribution < -0.4 is 9.47 Å². The quantitative estimate of drug-likeness (QED) is 0.0411. The maximum absolute atomic E-state index is 8.63. The number of hydrogen-bond acceptors (Lipinski definition) is 11. The van der Waals surface area contributed by atoms with Crippen LogP contribution in [0.2, 0.25) is 0 Å². The molecule has 0 aliphatic heterocycles. The van der Waals surface area contributed by atoms with Crippen LogP contribution in [0.4, 0.5) is 34.1 Å². The van der Waals surface area contributed by atoms with Crippen LogP contribution in [0.1, 0.15) is 84.0 Å². The summed E-state index contributed by atoms with van der Waals surface area (Å²) in [6.07, 6.45) is 19.3. The van der Waals surface area contributed by atoms with E-state index in [0.717, 1.165) is 116 Å². The van der Waals surface area contributed by atoms with Gasteiger partial charge < -0.3 is 24.6 Å². The van der Waals surface area contributed by atoms with E-state index in [1.165, 1.54) is 12.8 Å². The van der Waals surface area contributed by atoms with Gasteiger partial charge in [-0.3, -0.25) is 30.0 Å². The fraction of sp³-hybridized carbons (Fsp3) is 0.119. The number of aliphatic imine (C=N–C) groups is 8. The molecule has 11 aromatic rings. The smallest absolute Gasteiger partial charge is 0.0538 e. The van der Waals surface area contributed by atoms with Crippen LogP contribution in [0.3, 0.4) is 0 Å². The van der Waals surface area contributed by atoms with Crippen molar-refractivity contribution >= 4 is 112 Å². The van der Waals surface area contributed by atoms with E-state index in [0.29, 0.717) is 5.75 Å². The molecule has 0 bridgehead atoms. The van der Waals surface area contributed by atoms with Gasteiger partial charge in [-0.2, -0.15) is 0 Å². The molecular weight excluding hydrogens is 2060 g/mol. The molecule has 1 N–H and O–H groups in total. The number of hydrogen-bond donors (Lipinski definition) is 1. The maximum Gasteiger partial charge on any atom is 0.0538 e. The molecule has 18 heteroatoms. The van der Waals surface area contributed by atoms with Crippen molar-refractivity contribution in [2.24, 2.45) is 39.9 Å². The summed E-state index contributed by atoms with van der Waals surface area (Å²) >= 11 is 4.83. The summed E-state index contributed by atoms with van der Waals surface area (Å²) in [6, 6.07) is 100. The Morgan fingerprint density at radius 3 is 0.696 bits per heavy atom. The number of aromatic hydroxyl groups is 1. The molecule has 11 rings (SSSR count). The predicted molar refractivity (Wildman–Crippen MR) is 417 cm³/mol. The van der Waals surface area contributed by atoms with Crippen LogP contribution in [-0.2, 0) is 77.4 Å². The fourth-order valence-electron chi connectivity index (χ4n) is 8.13. The van der Waals surface area contributed by atoms with Crippen molar-refractivity contribution < 1.29 is 92.0 Å². The number of phenolic OH excluding ortho intramolecular Hbond substituents is 1. The minimum absolute atomic E-state index is 0. The van der Waals surface area contributed by atoms with Gasteiger partial charge in [0.25, 0.3) is 0 Å². The molecule has 102 heavy (non-hydrogen) atoms. The van der Waals surface area contributed by atoms with Crippen LogP contribution in [0.25, 0.3) is 0 Å². The fourth-order valence-corrected chi connectivity index (χ4v) is 8.13. The summed E-state index contributed by atoms with van der Waals surface area (Å²) < 4.78 is 10.3. The number of halogens is 3. The topological polar surface area (TPSA) is 138 Å². The van der Waals surface area contributed by atoms with Crippen molar-refractivity contribution in [1.29, 1.82) is 0 Å². The Morgan fingerprint density at radius 2 is 0.500 bits per heavy atom. The van der Waals surface area contributed by atoms with Crippen molar-refractivity contribution in [3.05, 3.63) is 342 Å². The normalized spacial score (nSPS) is 10.6. The Balaban J connectivity index is 0.000000334. The van der Waals surface area contributed by atoms with Gasteiger partial charge in [0.05, 0.1) is 48.3 Å². The van der Waals surface area contributed by atoms with E-state index in [1.54, 1.807) is 107 Å². The van der Waals surface area contributed by atoms with E-state index in [9.17, 15) is 0 Å². The molecule has 0 unspecified atom stereocenters. The van der Waals surface area contributed by atoms with E-state index >= 15 is 0 Å². The third-order valence-corrected chi connectivity index (χ3v) is 13.1. The second-order valence-electron chi connectivity index (χ2n) is 20.6. The maximum atomic E-state index is 8.63. The number of phenols is 1. The largest absolute Gasteiger partial charge is 0.295 e. The van der Waals surface area contributed by atoms with Gasteiger partial charge in [-0.25, -0.2) is 0 Å². The van der Waals surface area contributed by atoms with Crippen molar-refractivity contribution in [2.75, 3.05) is 27.3 Å². The molecule has 0 saturated heterocycles. The number of methoxy groups -OCH3 is 2. The van der Waals surface area contributed by atoms with Gasteiger partial charge in [-0.1, -0.05) is 118 Å². The second kappa shape index (κ2) is 58.3. The first kappa shape index (κ1) is 88.0. The minimum Gasteiger partial charge on any atom is -0.295 e. The summed E-state index contributed by atoms with van der Waals surface area (Å²) in [6.45, 7) is 6.16. The zero-order chi connectivity index (χ0) is 72.4. The Bertz CT molecular complexity index is 3830. The Hall–Kier alpha value is -8.20. The van der Waals surface area contributed by atoms with Crippen LogP contribution in [0.15, 0.2) is 313 Å². The molecule has 0 atom stereocenters. The number of rotatable bonds is 22. The molecule has 0 aromatic heterocycles. The number of nitrogens with zero attached hydrogens (tertiary/aromatic N) is 8. The van der Waals surface area contributed by atoms with Crippen LogP contribution >= 0.6 is 28.3 Å². The molecule has 0 amide bonds. The molecule has 0 spiro atoms. The summed E-state index contributed by atoms with van der Waals surface area (Å²) in [4.78, 5) is 35.4. The summed E-state index contributed by atoms with van der Waals surface area (Å²) in [5.41, 5.74) is 13.0. The Kier molecular flexibility index (Phi) is 50.3. The van der Waals surface area contributed by atoms with Gasteiger partial charge >= 0.3 is 84.6 Å². The molecule has 0 fully saturated rings. The van der Waals surface area contributed by atoms with E-state index < -0.39 is 0 Å². The predicted octanol–water partition coefficient (Wildman–Crippen LogP) is 22.4. The first-order chi connectivity index (χ1) is 49.8. The molecule has 534 valence electrons. The molecule has 11 aromatic carbocycles. The van der Waals surface area contributed by atoms with E-state index in [2.05, 4.69) is 106 Å². The molecule has 0 heterocycles. The van der Waals surface area contributed by atoms with Gasteiger partial charge in [0, 0.05) is 34.2 Å². The number of unbranched alkanes of at least 4 members (excludes halogenated alkanes) is 2. The van der Waals surface area contributed by atoms with Crippen molar-refractivity contribution in [3.8, 4) is 17.2 Å². The molecule has 0 aliphatic carbocycles. The van der Waals surface area contributed by atoms with Gasteiger partial charge in [0.2, 0.25) is 0 Å². The number of ether oxygens (including phenoxy) is 2. The SMILES string of the molecule is CCCCN=Cc1[c-]c(C=NCCCC)ccc1.COc1ccc(N=Cc2[c-]c(C=Nc3ccc(OC)cc3)ccc2)cc1.Oc1ccccc1.[Cl][Pt+].[Cl][Pt+].[Cl][Pt+].[Pt].[c-]1c(C=Nc2ccccc2)cccc1C=Nc1ccccc1.[c-]1c(C=Nc2ccccc2)cccc1C=Nc1ccccc1. The minimum atomic E-state index is 0. The second-order valence-corrected chi connectivity index (χ2v) is 20.6. The van der Waals surface area contributed by atoms with Crippen LogP contribution in [0, 0.1) is 24.3 Å². The average molecular weight is 2130 g/mol. The van der Waals surface area contributed by atoms with Gasteiger partial charge in [-0.15, -0.1) is 142 Å². The van der Waals surface area contributed by atoms with Gasteiger partial charge in [0.15, 0.2) is 0 Å². The standard InChI is InChI=1S/C22H19N2O2.2C20H15N2.C16H23N2.C6H6O.3ClH.4Pt/c1-25-21-10-6-19(7-11-21)23-15-17-4-3-5-18(14-17)16-24-20-8-12-22(26-2)13-9-20;2*1-3-10-19(11-4-1)21-15-17-8-7-9-18(14-17)16-22-20-12-5-2-6-13-20;1-3-5-10-17-13-15-8-7-9-16(12-15)14-18-11-6-4-2;7-6-4-2-1-3-5-6;;;;;;;/h3-13,15-16H,1-2H3;2*1-13,15-16H;7-9,13-14H,3-6,10-11H2,1-2H3;1-5,7H;3*1H;;;;/q4*-1;;;;;;3*+2/p-3. The van der Waals surface area contributed by atoms with E-state index in [1.807, 2.05) is 286 Å². The van der Waals surface area contributed by atoms with Crippen molar-refractivity contribution in [2.45, 2.75) is 39.5 Å². The number of benzene rings is 11. The molecule has 0 saturated carbocycles. The summed E-state index contributed by atoms with van der Waals surface area (Å²) in [5.74, 6) is 1.95. The number of para-hydroxylation sites is 5. The summed E-state index contributed by atoms with van der Waals surface area (Å²) in [7, 11) is 17.1. The van der Waals surface area contributed by atoms with Crippen LogP contribution in [-0.4, -0.2) is 82.1 Å². The van der Waals surface area contributed by atoms with Crippen LogP contribution in [0.5, 0.6) is 17.2 Å². The first-order valence-electron chi connectivity index (χ1n) is 31.7. The molecule has 11 nitrogen and oxygen atoms in total. The van der Waals surface area contributed by atoms with Gasteiger partial charge in [-0.05, 0) is 172 Å². The average Bonchev–Trinajstić information content (AvgIpc) is 0.999. The third-order valence-electron chi connectivity index (χ3n) is 13.1. The molecule has 0 aliphatic rings. The van der Waals surface area contributed by atoms with E-state index in [-0.39, 0.29) is 21.1 Å². The van der Waals surface area contributed by atoms with E-state index in [4.69, 9.17) is 14.6 Å².